The van der Waals surface area contributed by atoms with Gasteiger partial charge in [0.2, 0.25) is 5.89 Å². The normalized spacial score (nSPS) is 10.8. The lowest BCUT2D eigenvalue weighted by Gasteiger charge is -1.95. The van der Waals surface area contributed by atoms with Gasteiger partial charge in [-0.05, 0) is 26.0 Å². The Morgan fingerprint density at radius 3 is 2.48 bits per heavy atom. The highest BCUT2D eigenvalue weighted by atomic mass is 32.1. The van der Waals surface area contributed by atoms with Crippen LogP contribution in [-0.4, -0.2) is 21.0 Å². The van der Waals surface area contributed by atoms with E-state index in [0.717, 1.165) is 16.3 Å². The first kappa shape index (κ1) is 13.5. The number of carboxylic acids is 1. The Labute approximate surface area is 124 Å². The second-order valence-electron chi connectivity index (χ2n) is 4.52. The predicted octanol–water partition coefficient (Wildman–Crippen LogP) is 3.78. The highest BCUT2D eigenvalue weighted by Crippen LogP contribution is 2.35. The van der Waals surface area contributed by atoms with Crippen molar-refractivity contribution < 1.29 is 14.3 Å². The van der Waals surface area contributed by atoms with Crippen LogP contribution in [0.2, 0.25) is 0 Å². The predicted molar refractivity (Wildman–Crippen MR) is 79.5 cm³/mol. The van der Waals surface area contributed by atoms with Crippen LogP contribution in [0.5, 0.6) is 0 Å². The van der Waals surface area contributed by atoms with Gasteiger partial charge in [-0.2, -0.15) is 0 Å². The van der Waals surface area contributed by atoms with E-state index in [1.165, 1.54) is 11.3 Å². The Bertz CT molecular complexity index is 806. The monoisotopic (exact) mass is 300 g/mol. The Balaban J connectivity index is 2.18. The maximum absolute atomic E-state index is 11.4. The van der Waals surface area contributed by atoms with Gasteiger partial charge in [0.15, 0.2) is 11.5 Å². The van der Waals surface area contributed by atoms with Gasteiger partial charge >= 0.3 is 5.97 Å². The Kier molecular flexibility index (Phi) is 3.31. The molecule has 0 amide bonds. The largest absolute Gasteiger partial charge is 0.476 e. The number of nitrogens with zero attached hydrogens (tertiary/aromatic N) is 2. The molecule has 3 rings (SSSR count). The second-order valence-corrected chi connectivity index (χ2v) is 5.72. The first-order chi connectivity index (χ1) is 10.1. The van der Waals surface area contributed by atoms with E-state index in [9.17, 15) is 9.90 Å². The molecule has 0 saturated carbocycles. The summed E-state index contributed by atoms with van der Waals surface area (Å²) in [5, 5.41) is 10.2. The molecule has 6 heteroatoms. The molecule has 1 N–H and O–H groups in total. The quantitative estimate of drug-likeness (QED) is 0.796. The maximum atomic E-state index is 11.4. The number of benzene rings is 1. The molecule has 0 unspecified atom stereocenters. The molecule has 3 aromatic rings. The minimum Gasteiger partial charge on any atom is -0.476 e. The summed E-state index contributed by atoms with van der Waals surface area (Å²) in [6, 6.07) is 9.23. The molecule has 2 heterocycles. The third-order valence-corrected chi connectivity index (χ3v) is 4.03. The molecular formula is C15H12N2O3S. The molecule has 0 spiro atoms. The molecule has 0 saturated heterocycles. The third-order valence-electron chi connectivity index (χ3n) is 2.96. The summed E-state index contributed by atoms with van der Waals surface area (Å²) in [6.07, 6.45) is 0. The lowest BCUT2D eigenvalue weighted by atomic mass is 10.2. The SMILES string of the molecule is Cc1nc(C)c(-c2oc(-c3ccccc3)nc2C(=O)O)s1. The number of carbonyl (C=O) groups is 1. The van der Waals surface area contributed by atoms with Gasteiger partial charge in [0, 0.05) is 5.56 Å². The molecule has 2 aromatic heterocycles. The summed E-state index contributed by atoms with van der Waals surface area (Å²) < 4.78 is 5.72. The summed E-state index contributed by atoms with van der Waals surface area (Å²) in [5.74, 6) is -0.542. The van der Waals surface area contributed by atoms with Crippen molar-refractivity contribution in [2.45, 2.75) is 13.8 Å². The number of hydrogen-bond acceptors (Lipinski definition) is 5. The average Bonchev–Trinajstić information content (AvgIpc) is 3.03. The standard InChI is InChI=1S/C15H12N2O3S/c1-8-13(21-9(2)16-8)12-11(15(18)19)17-14(20-12)10-6-4-3-5-7-10/h3-7H,1-2H3,(H,18,19). The number of thiazole rings is 1. The van der Waals surface area contributed by atoms with E-state index in [0.29, 0.717) is 10.8 Å². The summed E-state index contributed by atoms with van der Waals surface area (Å²) in [5.41, 5.74) is 1.40. The molecule has 0 aliphatic rings. The van der Waals surface area contributed by atoms with Gasteiger partial charge in [0.05, 0.1) is 15.6 Å². The van der Waals surface area contributed by atoms with Crippen molar-refractivity contribution in [3.05, 3.63) is 46.7 Å². The Morgan fingerprint density at radius 2 is 1.90 bits per heavy atom. The zero-order chi connectivity index (χ0) is 15.0. The van der Waals surface area contributed by atoms with E-state index in [1.807, 2.05) is 44.2 Å². The van der Waals surface area contributed by atoms with Crippen molar-refractivity contribution in [2.24, 2.45) is 0 Å². The number of carboxylic acid groups (broad SMARTS) is 1. The van der Waals surface area contributed by atoms with E-state index < -0.39 is 5.97 Å². The van der Waals surface area contributed by atoms with E-state index in [2.05, 4.69) is 9.97 Å². The van der Waals surface area contributed by atoms with Gasteiger partial charge in [-0.15, -0.1) is 11.3 Å². The van der Waals surface area contributed by atoms with Crippen LogP contribution < -0.4 is 0 Å². The van der Waals surface area contributed by atoms with Crippen LogP contribution in [0.4, 0.5) is 0 Å². The zero-order valence-electron chi connectivity index (χ0n) is 11.5. The fourth-order valence-corrected chi connectivity index (χ4v) is 2.97. The third kappa shape index (κ3) is 2.45. The summed E-state index contributed by atoms with van der Waals surface area (Å²) in [6.45, 7) is 3.70. The van der Waals surface area contributed by atoms with Gasteiger partial charge in [-0.1, -0.05) is 18.2 Å². The van der Waals surface area contributed by atoms with Gasteiger partial charge in [0.25, 0.3) is 0 Å². The number of aryl methyl sites for hydroxylation is 2. The van der Waals surface area contributed by atoms with E-state index in [-0.39, 0.29) is 11.5 Å². The zero-order valence-corrected chi connectivity index (χ0v) is 12.3. The highest BCUT2D eigenvalue weighted by Gasteiger charge is 2.24. The summed E-state index contributed by atoms with van der Waals surface area (Å²) >= 11 is 1.40. The minimum absolute atomic E-state index is 0.0828. The fourth-order valence-electron chi connectivity index (χ4n) is 2.07. The van der Waals surface area contributed by atoms with Gasteiger partial charge in [0.1, 0.15) is 0 Å². The molecule has 0 aliphatic carbocycles. The van der Waals surface area contributed by atoms with Crippen LogP contribution in [0.25, 0.3) is 22.1 Å². The van der Waals surface area contributed by atoms with Crippen LogP contribution in [0.1, 0.15) is 21.2 Å². The first-order valence-corrected chi connectivity index (χ1v) is 7.12. The molecule has 106 valence electrons. The molecule has 0 atom stereocenters. The topological polar surface area (TPSA) is 76.2 Å². The molecule has 0 fully saturated rings. The maximum Gasteiger partial charge on any atom is 0.358 e. The van der Waals surface area contributed by atoms with E-state index >= 15 is 0 Å². The lowest BCUT2D eigenvalue weighted by molar-refractivity contribution is 0.0691. The molecular weight excluding hydrogens is 288 g/mol. The fraction of sp³-hybridized carbons (Fsp3) is 0.133. The molecule has 0 radical (unpaired) electrons. The molecule has 0 aliphatic heterocycles. The summed E-state index contributed by atoms with van der Waals surface area (Å²) in [7, 11) is 0. The number of aromatic carboxylic acids is 1. The van der Waals surface area contributed by atoms with Gasteiger partial charge < -0.3 is 9.52 Å². The van der Waals surface area contributed by atoms with Crippen LogP contribution in [0.3, 0.4) is 0 Å². The highest BCUT2D eigenvalue weighted by molar-refractivity contribution is 7.15. The van der Waals surface area contributed by atoms with Crippen LogP contribution in [-0.2, 0) is 0 Å². The van der Waals surface area contributed by atoms with Crippen molar-refractivity contribution in [1.29, 1.82) is 0 Å². The van der Waals surface area contributed by atoms with Crippen LogP contribution in [0, 0.1) is 13.8 Å². The molecule has 21 heavy (non-hydrogen) atoms. The molecule has 5 nitrogen and oxygen atoms in total. The van der Waals surface area contributed by atoms with Crippen molar-refractivity contribution in [2.75, 3.05) is 0 Å². The minimum atomic E-state index is -1.11. The van der Waals surface area contributed by atoms with Gasteiger partial charge in [-0.25, -0.2) is 14.8 Å². The lowest BCUT2D eigenvalue weighted by Crippen LogP contribution is -1.98. The Hall–Kier alpha value is -2.47. The van der Waals surface area contributed by atoms with E-state index in [1.54, 1.807) is 0 Å². The van der Waals surface area contributed by atoms with Gasteiger partial charge in [-0.3, -0.25) is 0 Å². The summed E-state index contributed by atoms with van der Waals surface area (Å²) in [4.78, 5) is 20.6. The van der Waals surface area contributed by atoms with Crippen molar-refractivity contribution in [1.82, 2.24) is 9.97 Å². The Morgan fingerprint density at radius 1 is 1.19 bits per heavy atom. The number of hydrogen-bond donors (Lipinski definition) is 1. The average molecular weight is 300 g/mol. The second kappa shape index (κ2) is 5.14. The van der Waals surface area contributed by atoms with Crippen LogP contribution in [0.15, 0.2) is 34.7 Å². The molecule has 0 bridgehead atoms. The van der Waals surface area contributed by atoms with Crippen molar-refractivity contribution in [3.63, 3.8) is 0 Å². The van der Waals surface area contributed by atoms with E-state index in [4.69, 9.17) is 4.42 Å². The number of rotatable bonds is 3. The smallest absolute Gasteiger partial charge is 0.358 e. The van der Waals surface area contributed by atoms with Crippen molar-refractivity contribution >= 4 is 17.3 Å². The number of oxazole rings is 1. The molecule has 1 aromatic carbocycles. The van der Waals surface area contributed by atoms with Crippen molar-refractivity contribution in [3.8, 4) is 22.1 Å². The first-order valence-electron chi connectivity index (χ1n) is 6.30. The number of aromatic nitrogens is 2. The van der Waals surface area contributed by atoms with Crippen LogP contribution >= 0.6 is 11.3 Å².